The van der Waals surface area contributed by atoms with E-state index in [0.717, 1.165) is 0 Å². The van der Waals surface area contributed by atoms with E-state index in [2.05, 4.69) is 4.98 Å². The summed E-state index contributed by atoms with van der Waals surface area (Å²) in [5.41, 5.74) is 0. The second-order valence-corrected chi connectivity index (χ2v) is 3.84. The van der Waals surface area contributed by atoms with Gasteiger partial charge < -0.3 is 9.84 Å². The van der Waals surface area contributed by atoms with Crippen LogP contribution in [0.15, 0.2) is 36.7 Å². The third-order valence-corrected chi connectivity index (χ3v) is 2.40. The summed E-state index contributed by atoms with van der Waals surface area (Å²) in [6.07, 6.45) is 2.90. The van der Waals surface area contributed by atoms with Crippen LogP contribution in [0.2, 0.25) is 10.0 Å². The van der Waals surface area contributed by atoms with Crippen LogP contribution < -0.4 is 4.74 Å². The molecule has 0 bridgehead atoms. The standard InChI is InChI=1S/C11H7Cl2NO2/c12-9-5-14-6-10(13)11(9)16-8-3-1-7(15)2-4-8/h1-6,15H. The number of benzene rings is 1. The average Bonchev–Trinajstić information content (AvgIpc) is 2.26. The summed E-state index contributed by atoms with van der Waals surface area (Å²) in [5.74, 6) is 1.05. The van der Waals surface area contributed by atoms with Crippen molar-refractivity contribution in [2.45, 2.75) is 0 Å². The van der Waals surface area contributed by atoms with Gasteiger partial charge in [0.1, 0.15) is 21.5 Å². The zero-order valence-electron chi connectivity index (χ0n) is 8.02. The number of hydrogen-bond acceptors (Lipinski definition) is 3. The van der Waals surface area contributed by atoms with Crippen LogP contribution in [0, 0.1) is 0 Å². The van der Waals surface area contributed by atoms with E-state index < -0.39 is 0 Å². The Labute approximate surface area is 102 Å². The molecule has 1 aromatic heterocycles. The van der Waals surface area contributed by atoms with E-state index in [1.165, 1.54) is 24.5 Å². The van der Waals surface area contributed by atoms with Gasteiger partial charge in [-0.25, -0.2) is 0 Å². The SMILES string of the molecule is Oc1ccc(Oc2c(Cl)cncc2Cl)cc1. The molecular formula is C11H7Cl2NO2. The van der Waals surface area contributed by atoms with Gasteiger partial charge in [0.05, 0.1) is 0 Å². The summed E-state index contributed by atoms with van der Waals surface area (Å²) in [7, 11) is 0. The summed E-state index contributed by atoms with van der Waals surface area (Å²) < 4.78 is 5.48. The second-order valence-electron chi connectivity index (χ2n) is 3.03. The average molecular weight is 256 g/mol. The third-order valence-electron chi connectivity index (χ3n) is 1.87. The fourth-order valence-corrected chi connectivity index (χ4v) is 1.57. The Bertz CT molecular complexity index is 480. The van der Waals surface area contributed by atoms with E-state index >= 15 is 0 Å². The molecule has 0 saturated heterocycles. The monoisotopic (exact) mass is 255 g/mol. The Morgan fingerprint density at radius 1 is 1.00 bits per heavy atom. The molecule has 0 aliphatic heterocycles. The van der Waals surface area contributed by atoms with Gasteiger partial charge in [0, 0.05) is 12.4 Å². The lowest BCUT2D eigenvalue weighted by Gasteiger charge is -2.08. The molecule has 16 heavy (non-hydrogen) atoms. The first kappa shape index (κ1) is 11.0. The number of aromatic hydroxyl groups is 1. The normalized spacial score (nSPS) is 10.1. The summed E-state index contributed by atoms with van der Waals surface area (Å²) >= 11 is 11.8. The number of pyridine rings is 1. The van der Waals surface area contributed by atoms with E-state index in [0.29, 0.717) is 21.5 Å². The molecule has 0 atom stereocenters. The molecule has 0 saturated carbocycles. The maximum atomic E-state index is 9.11. The molecule has 0 amide bonds. The Kier molecular flexibility index (Phi) is 3.17. The Hall–Kier alpha value is -1.45. The highest BCUT2D eigenvalue weighted by Crippen LogP contribution is 2.35. The lowest BCUT2D eigenvalue weighted by Crippen LogP contribution is -1.87. The van der Waals surface area contributed by atoms with Crippen molar-refractivity contribution >= 4 is 23.2 Å². The van der Waals surface area contributed by atoms with Gasteiger partial charge in [0.25, 0.3) is 0 Å². The van der Waals surface area contributed by atoms with Gasteiger partial charge in [-0.2, -0.15) is 0 Å². The van der Waals surface area contributed by atoms with Gasteiger partial charge in [-0.15, -0.1) is 0 Å². The van der Waals surface area contributed by atoms with Crippen LogP contribution in [0.5, 0.6) is 17.2 Å². The number of phenols is 1. The summed E-state index contributed by atoms with van der Waals surface area (Å²) in [4.78, 5) is 3.82. The molecule has 1 N–H and O–H groups in total. The van der Waals surface area contributed by atoms with Gasteiger partial charge in [0.2, 0.25) is 0 Å². The highest BCUT2D eigenvalue weighted by Gasteiger charge is 2.08. The molecule has 5 heteroatoms. The minimum absolute atomic E-state index is 0.166. The van der Waals surface area contributed by atoms with Crippen molar-refractivity contribution in [3.63, 3.8) is 0 Å². The van der Waals surface area contributed by atoms with Gasteiger partial charge >= 0.3 is 0 Å². The predicted molar refractivity (Wildman–Crippen MR) is 62.4 cm³/mol. The Morgan fingerprint density at radius 3 is 2.12 bits per heavy atom. The van der Waals surface area contributed by atoms with Gasteiger partial charge in [-0.05, 0) is 24.3 Å². The molecule has 1 heterocycles. The predicted octanol–water partition coefficient (Wildman–Crippen LogP) is 3.89. The van der Waals surface area contributed by atoms with Crippen LogP contribution in [-0.4, -0.2) is 10.1 Å². The molecule has 0 aliphatic carbocycles. The number of ether oxygens (including phenoxy) is 1. The van der Waals surface area contributed by atoms with Gasteiger partial charge in [0.15, 0.2) is 5.75 Å². The molecule has 3 nitrogen and oxygen atoms in total. The highest BCUT2D eigenvalue weighted by atomic mass is 35.5. The minimum atomic E-state index is 0.166. The fraction of sp³-hybridized carbons (Fsp3) is 0. The number of rotatable bonds is 2. The molecule has 82 valence electrons. The largest absolute Gasteiger partial charge is 0.508 e. The smallest absolute Gasteiger partial charge is 0.167 e. The van der Waals surface area contributed by atoms with Crippen molar-refractivity contribution in [2.24, 2.45) is 0 Å². The lowest BCUT2D eigenvalue weighted by molar-refractivity contribution is 0.464. The van der Waals surface area contributed by atoms with Crippen molar-refractivity contribution in [2.75, 3.05) is 0 Å². The maximum Gasteiger partial charge on any atom is 0.167 e. The zero-order chi connectivity index (χ0) is 11.5. The van der Waals surface area contributed by atoms with Crippen molar-refractivity contribution in [3.8, 4) is 17.2 Å². The first-order chi connectivity index (χ1) is 7.66. The van der Waals surface area contributed by atoms with Gasteiger partial charge in [-0.3, -0.25) is 4.98 Å². The lowest BCUT2D eigenvalue weighted by atomic mass is 10.3. The Balaban J connectivity index is 2.30. The van der Waals surface area contributed by atoms with Crippen LogP contribution >= 0.6 is 23.2 Å². The molecule has 0 fully saturated rings. The minimum Gasteiger partial charge on any atom is -0.508 e. The van der Waals surface area contributed by atoms with Crippen molar-refractivity contribution in [1.82, 2.24) is 4.98 Å². The second kappa shape index (κ2) is 4.60. The molecule has 1 aromatic carbocycles. The highest BCUT2D eigenvalue weighted by molar-refractivity contribution is 6.36. The van der Waals surface area contributed by atoms with E-state index in [1.807, 2.05) is 0 Å². The van der Waals surface area contributed by atoms with Crippen LogP contribution in [0.25, 0.3) is 0 Å². The van der Waals surface area contributed by atoms with Crippen molar-refractivity contribution in [3.05, 3.63) is 46.7 Å². The Morgan fingerprint density at radius 2 is 1.56 bits per heavy atom. The molecule has 0 radical (unpaired) electrons. The quantitative estimate of drug-likeness (QED) is 0.886. The molecule has 2 rings (SSSR count). The molecule has 0 aliphatic rings. The first-order valence-electron chi connectivity index (χ1n) is 4.42. The van der Waals surface area contributed by atoms with Crippen LogP contribution in [-0.2, 0) is 0 Å². The molecule has 0 unspecified atom stereocenters. The molecular weight excluding hydrogens is 249 g/mol. The fourth-order valence-electron chi connectivity index (χ4n) is 1.13. The van der Waals surface area contributed by atoms with Crippen LogP contribution in [0.1, 0.15) is 0 Å². The summed E-state index contributed by atoms with van der Waals surface area (Å²) in [5, 5.41) is 9.78. The summed E-state index contributed by atoms with van der Waals surface area (Å²) in [6.45, 7) is 0. The van der Waals surface area contributed by atoms with E-state index in [9.17, 15) is 0 Å². The van der Waals surface area contributed by atoms with Gasteiger partial charge in [-0.1, -0.05) is 23.2 Å². The van der Waals surface area contributed by atoms with E-state index in [1.54, 1.807) is 12.1 Å². The molecule has 2 aromatic rings. The summed E-state index contributed by atoms with van der Waals surface area (Å²) in [6, 6.07) is 6.25. The van der Waals surface area contributed by atoms with Crippen LogP contribution in [0.4, 0.5) is 0 Å². The number of aromatic nitrogens is 1. The number of phenolic OH excluding ortho intramolecular Hbond substituents is 1. The number of halogens is 2. The van der Waals surface area contributed by atoms with Crippen molar-refractivity contribution in [1.29, 1.82) is 0 Å². The molecule has 0 spiro atoms. The number of nitrogens with zero attached hydrogens (tertiary/aromatic N) is 1. The number of hydrogen-bond donors (Lipinski definition) is 1. The van der Waals surface area contributed by atoms with E-state index in [4.69, 9.17) is 33.0 Å². The van der Waals surface area contributed by atoms with E-state index in [-0.39, 0.29) is 5.75 Å². The van der Waals surface area contributed by atoms with Crippen molar-refractivity contribution < 1.29 is 9.84 Å². The first-order valence-corrected chi connectivity index (χ1v) is 5.18. The third kappa shape index (κ3) is 2.38. The zero-order valence-corrected chi connectivity index (χ0v) is 9.53. The maximum absolute atomic E-state index is 9.11. The van der Waals surface area contributed by atoms with Crippen LogP contribution in [0.3, 0.4) is 0 Å². The topological polar surface area (TPSA) is 42.4 Å².